The van der Waals surface area contributed by atoms with Gasteiger partial charge in [0, 0.05) is 25.2 Å². The number of carbonyl (C=O) groups is 5. The fourth-order valence-corrected chi connectivity index (χ4v) is 9.39. The van der Waals surface area contributed by atoms with Crippen LogP contribution in [0.3, 0.4) is 0 Å². The van der Waals surface area contributed by atoms with E-state index in [1.165, 1.54) is 24.3 Å². The third-order valence-corrected chi connectivity index (χ3v) is 12.9. The number of alkyl carbamates (subject to hydrolysis) is 1. The molecule has 0 aromatic heterocycles. The number of aliphatic hydroxyl groups excluding tert-OH is 1. The number of nitrogens with one attached hydrogen (secondary N) is 3. The number of amides is 5. The molecular weight excluding hydrogens is 815 g/mol. The highest BCUT2D eigenvalue weighted by molar-refractivity contribution is 7.95. The minimum absolute atomic E-state index is 0.0000759. The molecule has 334 valence electrons. The van der Waals surface area contributed by atoms with Crippen molar-refractivity contribution in [2.45, 2.75) is 121 Å². The maximum absolute atomic E-state index is 14.9. The lowest BCUT2D eigenvalue weighted by Crippen LogP contribution is -2.66. The van der Waals surface area contributed by atoms with Crippen molar-refractivity contribution in [3.05, 3.63) is 111 Å². The second kappa shape index (κ2) is 19.6. The van der Waals surface area contributed by atoms with Gasteiger partial charge in [0.25, 0.3) is 17.7 Å². The molecule has 1 saturated heterocycles. The Morgan fingerprint density at radius 1 is 0.919 bits per heavy atom. The van der Waals surface area contributed by atoms with E-state index in [9.17, 15) is 37.5 Å². The number of unbranched alkanes of at least 4 members (excludes halogenated alkanes) is 1. The topological polar surface area (TPSA) is 244 Å². The van der Waals surface area contributed by atoms with E-state index >= 15 is 0 Å². The minimum atomic E-state index is -4.44. The molecule has 0 saturated carbocycles. The smallest absolute Gasteiger partial charge is 0.407 e. The summed E-state index contributed by atoms with van der Waals surface area (Å²) in [6, 6.07) is 17.7. The number of primary amides is 1. The fraction of sp³-hybridized carbons (Fsp3) is 0.444. The molecule has 4 atom stereocenters. The summed E-state index contributed by atoms with van der Waals surface area (Å²) in [5.74, 6) is -3.15. The van der Waals surface area contributed by atoms with Crippen molar-refractivity contribution in [3.8, 4) is 0 Å². The van der Waals surface area contributed by atoms with Crippen LogP contribution in [0.4, 0.5) is 4.79 Å². The summed E-state index contributed by atoms with van der Waals surface area (Å²) in [5, 5.41) is 22.3. The number of hydrogen-bond donors (Lipinski definition) is 6. The summed E-state index contributed by atoms with van der Waals surface area (Å²) in [6.45, 7) is 11.0. The van der Waals surface area contributed by atoms with Gasteiger partial charge in [-0.1, -0.05) is 66.6 Å². The van der Waals surface area contributed by atoms with Crippen LogP contribution < -0.4 is 27.4 Å². The van der Waals surface area contributed by atoms with Crippen molar-refractivity contribution in [1.82, 2.24) is 26.0 Å². The third kappa shape index (κ3) is 11.2. The average Bonchev–Trinajstić information content (AvgIpc) is 3.57. The zero-order valence-corrected chi connectivity index (χ0v) is 37.0. The van der Waals surface area contributed by atoms with Crippen molar-refractivity contribution in [2.75, 3.05) is 13.1 Å². The predicted molar refractivity (Wildman–Crippen MR) is 232 cm³/mol. The van der Waals surface area contributed by atoms with Crippen LogP contribution in [0.2, 0.25) is 0 Å². The molecule has 0 aliphatic carbocycles. The molecule has 62 heavy (non-hydrogen) atoms. The van der Waals surface area contributed by atoms with Gasteiger partial charge in [-0.2, -0.15) is 0 Å². The SMILES string of the molecule is CCC1C(S(=O)(=O)c2ccc(C)cc2)=C(C(=O)N[C@@H](CCCCNC(=O)OC(C)(C)C)C(O)C(=O)NCc2ccc(C(N)=O)cc2)N2C(=O)C(N)(Cc3ccc(C)cc3)CCN12. The molecule has 1 fully saturated rings. The molecule has 17 heteroatoms. The van der Waals surface area contributed by atoms with Gasteiger partial charge in [0.2, 0.25) is 15.7 Å². The number of fused-ring (bicyclic) bond motifs is 1. The van der Waals surface area contributed by atoms with Crippen molar-refractivity contribution in [3.63, 3.8) is 0 Å². The quantitative estimate of drug-likeness (QED) is 0.107. The Kier molecular flexibility index (Phi) is 15.0. The van der Waals surface area contributed by atoms with Crippen LogP contribution in [0, 0.1) is 13.8 Å². The number of ether oxygens (including phenoxy) is 1. The molecule has 0 bridgehead atoms. The van der Waals surface area contributed by atoms with Crippen LogP contribution in [-0.2, 0) is 41.9 Å². The number of sulfone groups is 1. The van der Waals surface area contributed by atoms with E-state index in [0.29, 0.717) is 12.0 Å². The van der Waals surface area contributed by atoms with Crippen LogP contribution in [-0.4, -0.2) is 95.7 Å². The first-order chi connectivity index (χ1) is 29.1. The first-order valence-corrected chi connectivity index (χ1v) is 22.3. The van der Waals surface area contributed by atoms with Gasteiger partial charge >= 0.3 is 6.09 Å². The van der Waals surface area contributed by atoms with Gasteiger partial charge in [-0.05, 0) is 109 Å². The average molecular weight is 874 g/mol. The zero-order valence-electron chi connectivity index (χ0n) is 36.2. The van der Waals surface area contributed by atoms with E-state index in [-0.39, 0.29) is 67.1 Å². The Bertz CT molecular complexity index is 2280. The lowest BCUT2D eigenvalue weighted by Gasteiger charge is -2.45. The molecule has 2 heterocycles. The van der Waals surface area contributed by atoms with Crippen molar-refractivity contribution in [1.29, 1.82) is 0 Å². The minimum Gasteiger partial charge on any atom is -0.444 e. The molecule has 5 rings (SSSR count). The number of aliphatic hydroxyl groups is 1. The van der Waals surface area contributed by atoms with Gasteiger partial charge in [0.15, 0.2) is 6.10 Å². The Balaban J connectivity index is 1.50. The second-order valence-electron chi connectivity index (χ2n) is 17.0. The molecule has 0 spiro atoms. The van der Waals surface area contributed by atoms with Crippen LogP contribution in [0.5, 0.6) is 0 Å². The van der Waals surface area contributed by atoms with E-state index in [0.717, 1.165) is 21.7 Å². The monoisotopic (exact) mass is 873 g/mol. The van der Waals surface area contributed by atoms with E-state index < -0.39 is 74.6 Å². The lowest BCUT2D eigenvalue weighted by atomic mass is 9.85. The Morgan fingerprint density at radius 3 is 2.10 bits per heavy atom. The summed E-state index contributed by atoms with van der Waals surface area (Å²) in [4.78, 5) is 66.7. The number of nitrogens with zero attached hydrogens (tertiary/aromatic N) is 2. The maximum Gasteiger partial charge on any atom is 0.407 e. The predicted octanol–water partition coefficient (Wildman–Crippen LogP) is 3.43. The molecule has 0 radical (unpaired) electrons. The van der Waals surface area contributed by atoms with Crippen molar-refractivity contribution >= 4 is 39.6 Å². The molecule has 3 aromatic carbocycles. The highest BCUT2D eigenvalue weighted by Gasteiger charge is 2.56. The van der Waals surface area contributed by atoms with Gasteiger partial charge < -0.3 is 37.3 Å². The molecule has 16 nitrogen and oxygen atoms in total. The van der Waals surface area contributed by atoms with Crippen molar-refractivity contribution in [2.24, 2.45) is 11.5 Å². The van der Waals surface area contributed by atoms with Gasteiger partial charge in [0.05, 0.1) is 21.9 Å². The standard InChI is InChI=1S/C45H59N7O9S/c1-7-35-38(62(59,60)33-21-13-29(3)14-22-33)36(52-42(57)45(47,23-25-51(35)52)26-30-15-11-28(2)12-16-30)40(55)50-34(10-8-9-24-48-43(58)61-44(4,5)6)37(53)41(56)49-27-31-17-19-32(20-18-31)39(46)54/h11-22,34-35,37,53H,7-10,23-27,47H2,1-6H3,(H2,46,54)(H,48,58)(H,49,56)(H,50,55)/t34-,35?,37?,45?/m0/s1. The molecule has 3 aromatic rings. The Morgan fingerprint density at radius 2 is 1.52 bits per heavy atom. The number of rotatable bonds is 17. The van der Waals surface area contributed by atoms with Crippen LogP contribution >= 0.6 is 0 Å². The molecule has 2 aliphatic rings. The number of benzene rings is 3. The highest BCUT2D eigenvalue weighted by atomic mass is 32.2. The summed E-state index contributed by atoms with van der Waals surface area (Å²) >= 11 is 0. The number of aryl methyl sites for hydroxylation is 2. The molecule has 3 unspecified atom stereocenters. The van der Waals surface area contributed by atoms with E-state index in [1.54, 1.807) is 57.0 Å². The largest absolute Gasteiger partial charge is 0.444 e. The van der Waals surface area contributed by atoms with E-state index in [2.05, 4.69) is 16.0 Å². The number of nitrogens with two attached hydrogens (primary N) is 2. The number of hydrogen-bond acceptors (Lipinski definition) is 11. The highest BCUT2D eigenvalue weighted by Crippen LogP contribution is 2.42. The van der Waals surface area contributed by atoms with Crippen LogP contribution in [0.25, 0.3) is 0 Å². The fourth-order valence-electron chi connectivity index (χ4n) is 7.56. The first kappa shape index (κ1) is 47.4. The number of carbonyl (C=O) groups excluding carboxylic acids is 5. The molecule has 8 N–H and O–H groups in total. The summed E-state index contributed by atoms with van der Waals surface area (Å²) in [5.41, 5.74) is 13.1. The van der Waals surface area contributed by atoms with Crippen LogP contribution in [0.1, 0.15) is 92.4 Å². The van der Waals surface area contributed by atoms with Gasteiger partial charge in [-0.15, -0.1) is 0 Å². The van der Waals surface area contributed by atoms with Crippen LogP contribution in [0.15, 0.2) is 88.3 Å². The lowest BCUT2D eigenvalue weighted by molar-refractivity contribution is -0.160. The van der Waals surface area contributed by atoms with E-state index in [1.807, 2.05) is 38.1 Å². The molecular formula is C45H59N7O9S. The molecule has 5 amide bonds. The second-order valence-corrected chi connectivity index (χ2v) is 18.9. The first-order valence-electron chi connectivity index (χ1n) is 20.8. The van der Waals surface area contributed by atoms with Gasteiger partial charge in [-0.3, -0.25) is 19.2 Å². The summed E-state index contributed by atoms with van der Waals surface area (Å²) in [7, 11) is -4.44. The Hall–Kier alpha value is -5.62. The van der Waals surface area contributed by atoms with Gasteiger partial charge in [0.1, 0.15) is 16.8 Å². The zero-order chi connectivity index (χ0) is 45.6. The Labute approximate surface area is 363 Å². The summed E-state index contributed by atoms with van der Waals surface area (Å²) in [6.07, 6.45) is -1.35. The summed E-state index contributed by atoms with van der Waals surface area (Å²) < 4.78 is 34.8. The number of hydrazine groups is 1. The van der Waals surface area contributed by atoms with Gasteiger partial charge in [-0.25, -0.2) is 23.2 Å². The molecule has 2 aliphatic heterocycles. The van der Waals surface area contributed by atoms with Crippen molar-refractivity contribution < 1.29 is 42.2 Å². The van der Waals surface area contributed by atoms with E-state index in [4.69, 9.17) is 16.2 Å². The maximum atomic E-state index is 14.9. The normalized spacial score (nSPS) is 19.1. The third-order valence-electron chi connectivity index (χ3n) is 10.9.